The molecule has 0 aliphatic carbocycles. The summed E-state index contributed by atoms with van der Waals surface area (Å²) < 4.78 is 12.0. The Morgan fingerprint density at radius 3 is 2.73 bits per heavy atom. The van der Waals surface area contributed by atoms with Gasteiger partial charge < -0.3 is 14.8 Å². The number of fused-ring (bicyclic) bond motifs is 2. The highest BCUT2D eigenvalue weighted by Gasteiger charge is 2.42. The predicted molar refractivity (Wildman–Crippen MR) is 117 cm³/mol. The number of hydrogen-bond donors (Lipinski definition) is 1. The van der Waals surface area contributed by atoms with Crippen LogP contribution in [0.4, 0.5) is 0 Å². The summed E-state index contributed by atoms with van der Waals surface area (Å²) in [5.74, 6) is 0.832. The quantitative estimate of drug-likeness (QED) is 0.674. The molecule has 1 aromatic heterocycles. The Morgan fingerprint density at radius 1 is 1.10 bits per heavy atom. The molecule has 5 rings (SSSR count). The second kappa shape index (κ2) is 7.40. The van der Waals surface area contributed by atoms with Crippen LogP contribution in [0.15, 0.2) is 48.7 Å². The zero-order valence-electron chi connectivity index (χ0n) is 17.4. The van der Waals surface area contributed by atoms with E-state index >= 15 is 0 Å². The first-order chi connectivity index (χ1) is 14.5. The number of hydrogen-bond acceptors (Lipinski definition) is 4. The van der Waals surface area contributed by atoms with Gasteiger partial charge in [-0.15, -0.1) is 0 Å². The van der Waals surface area contributed by atoms with Crippen molar-refractivity contribution in [2.45, 2.75) is 44.8 Å². The molecular weight excluding hydrogens is 376 g/mol. The Hall–Kier alpha value is -2.92. The van der Waals surface area contributed by atoms with Gasteiger partial charge in [0.2, 0.25) is 5.91 Å². The fraction of sp³-hybridized carbons (Fsp3) is 0.360. The van der Waals surface area contributed by atoms with E-state index in [1.807, 2.05) is 12.3 Å². The monoisotopic (exact) mass is 402 g/mol. The summed E-state index contributed by atoms with van der Waals surface area (Å²) in [4.78, 5) is 16.6. The van der Waals surface area contributed by atoms with Gasteiger partial charge in [0.05, 0.1) is 24.8 Å². The molecule has 2 aliphatic heterocycles. The third-order valence-electron chi connectivity index (χ3n) is 6.24. The molecule has 3 aromatic rings. The third-order valence-corrected chi connectivity index (χ3v) is 6.24. The molecule has 154 valence electrons. The zero-order chi connectivity index (χ0) is 20.7. The van der Waals surface area contributed by atoms with E-state index in [0.717, 1.165) is 52.6 Å². The van der Waals surface area contributed by atoms with Gasteiger partial charge in [-0.2, -0.15) is 0 Å². The fourth-order valence-corrected chi connectivity index (χ4v) is 4.68. The predicted octanol–water partition coefficient (Wildman–Crippen LogP) is 4.72. The summed E-state index contributed by atoms with van der Waals surface area (Å²) in [6.07, 6.45) is 4.37. The number of rotatable bonds is 2. The van der Waals surface area contributed by atoms with Crippen molar-refractivity contribution >= 4 is 16.8 Å². The second-order valence-electron chi connectivity index (χ2n) is 8.53. The van der Waals surface area contributed by atoms with Crippen molar-refractivity contribution < 1.29 is 14.3 Å². The molecule has 30 heavy (non-hydrogen) atoms. The van der Waals surface area contributed by atoms with E-state index in [0.29, 0.717) is 13.2 Å². The van der Waals surface area contributed by atoms with Crippen molar-refractivity contribution in [2.75, 3.05) is 13.2 Å². The maximum Gasteiger partial charge on any atom is 0.217 e. The van der Waals surface area contributed by atoms with Crippen LogP contribution in [-0.4, -0.2) is 29.7 Å². The van der Waals surface area contributed by atoms with Crippen molar-refractivity contribution in [3.63, 3.8) is 0 Å². The van der Waals surface area contributed by atoms with Crippen molar-refractivity contribution in [1.29, 1.82) is 0 Å². The minimum Gasteiger partial charge on any atom is -0.487 e. The molecule has 0 radical (unpaired) electrons. The van der Waals surface area contributed by atoms with Gasteiger partial charge in [-0.25, -0.2) is 0 Å². The third kappa shape index (κ3) is 3.54. The molecule has 1 amide bonds. The number of nitrogens with one attached hydrogen (secondary N) is 1. The summed E-state index contributed by atoms with van der Waals surface area (Å²) in [6.45, 7) is 5.06. The molecule has 1 saturated heterocycles. The first-order valence-corrected chi connectivity index (χ1v) is 10.6. The number of nitrogens with zero attached hydrogens (tertiary/aromatic N) is 1. The normalized spacial score (nSPS) is 19.9. The lowest BCUT2D eigenvalue weighted by Crippen LogP contribution is -2.48. The van der Waals surface area contributed by atoms with Crippen LogP contribution >= 0.6 is 0 Å². The Labute approximate surface area is 176 Å². The SMILES string of the molecule is CC(=O)NC1CC2(CCOCC2)Oc2ccc(-c3cnc4ccc(C)cc4c3)cc21. The van der Waals surface area contributed by atoms with Gasteiger partial charge in [-0.3, -0.25) is 9.78 Å². The van der Waals surface area contributed by atoms with Crippen molar-refractivity contribution in [3.05, 3.63) is 59.8 Å². The van der Waals surface area contributed by atoms with Crippen LogP contribution in [0.3, 0.4) is 0 Å². The lowest BCUT2D eigenvalue weighted by atomic mass is 9.81. The number of ether oxygens (including phenoxy) is 2. The van der Waals surface area contributed by atoms with Crippen LogP contribution in [0.5, 0.6) is 5.75 Å². The van der Waals surface area contributed by atoms with Gasteiger partial charge in [0.15, 0.2) is 0 Å². The highest BCUT2D eigenvalue weighted by molar-refractivity contribution is 5.84. The molecule has 1 N–H and O–H groups in total. The van der Waals surface area contributed by atoms with Gasteiger partial charge in [-0.05, 0) is 42.8 Å². The largest absolute Gasteiger partial charge is 0.487 e. The lowest BCUT2D eigenvalue weighted by Gasteiger charge is -2.44. The molecule has 1 fully saturated rings. The molecule has 2 aliphatic rings. The average molecular weight is 402 g/mol. The number of aromatic nitrogens is 1. The Balaban J connectivity index is 1.55. The molecule has 1 atom stereocenters. The molecule has 3 heterocycles. The molecule has 0 bridgehead atoms. The van der Waals surface area contributed by atoms with E-state index in [9.17, 15) is 4.79 Å². The standard InChI is InChI=1S/C25H26N2O3/c1-16-3-5-22-19(11-16)12-20(15-26-22)18-4-6-24-21(13-18)23(27-17(2)28)14-25(30-24)7-9-29-10-8-25/h3-6,11-13,15,23H,7-10,14H2,1-2H3,(H,27,28). The average Bonchev–Trinajstić information content (AvgIpc) is 2.73. The van der Waals surface area contributed by atoms with Crippen LogP contribution < -0.4 is 10.1 Å². The van der Waals surface area contributed by atoms with E-state index in [-0.39, 0.29) is 17.6 Å². The van der Waals surface area contributed by atoms with E-state index in [1.165, 1.54) is 5.56 Å². The molecule has 5 nitrogen and oxygen atoms in total. The van der Waals surface area contributed by atoms with Crippen molar-refractivity contribution in [2.24, 2.45) is 0 Å². The zero-order valence-corrected chi connectivity index (χ0v) is 17.4. The van der Waals surface area contributed by atoms with Crippen LogP contribution in [0.2, 0.25) is 0 Å². The summed E-state index contributed by atoms with van der Waals surface area (Å²) in [5.41, 5.74) is 5.11. The number of carbonyl (C=O) groups is 1. The molecule has 2 aromatic carbocycles. The molecule has 5 heteroatoms. The summed E-state index contributed by atoms with van der Waals surface area (Å²) in [5, 5.41) is 4.28. The van der Waals surface area contributed by atoms with Gasteiger partial charge >= 0.3 is 0 Å². The minimum atomic E-state index is -0.262. The van der Waals surface area contributed by atoms with Gasteiger partial charge in [0.25, 0.3) is 0 Å². The molecule has 1 unspecified atom stereocenters. The smallest absolute Gasteiger partial charge is 0.217 e. The van der Waals surface area contributed by atoms with Crippen LogP contribution in [0, 0.1) is 6.92 Å². The first kappa shape index (κ1) is 19.1. The maximum absolute atomic E-state index is 11.9. The maximum atomic E-state index is 11.9. The molecule has 1 spiro atoms. The Bertz CT molecular complexity index is 1120. The van der Waals surface area contributed by atoms with E-state index in [1.54, 1.807) is 6.92 Å². The highest BCUT2D eigenvalue weighted by atomic mass is 16.5. The van der Waals surface area contributed by atoms with Crippen molar-refractivity contribution in [1.82, 2.24) is 10.3 Å². The Kier molecular flexibility index (Phi) is 4.70. The van der Waals surface area contributed by atoms with E-state index < -0.39 is 0 Å². The van der Waals surface area contributed by atoms with Crippen LogP contribution in [0.25, 0.3) is 22.0 Å². The minimum absolute atomic E-state index is 0.0247. The first-order valence-electron chi connectivity index (χ1n) is 10.6. The number of amides is 1. The number of pyridine rings is 1. The van der Waals surface area contributed by atoms with Crippen LogP contribution in [-0.2, 0) is 9.53 Å². The van der Waals surface area contributed by atoms with E-state index in [2.05, 4.69) is 53.6 Å². The molecular formula is C25H26N2O3. The van der Waals surface area contributed by atoms with Gasteiger partial charge in [-0.1, -0.05) is 17.7 Å². The van der Waals surface area contributed by atoms with E-state index in [4.69, 9.17) is 9.47 Å². The second-order valence-corrected chi connectivity index (χ2v) is 8.53. The summed E-state index contributed by atoms with van der Waals surface area (Å²) >= 11 is 0. The van der Waals surface area contributed by atoms with Gasteiger partial charge in [0, 0.05) is 48.9 Å². The fourth-order valence-electron chi connectivity index (χ4n) is 4.68. The number of carbonyl (C=O) groups excluding carboxylic acids is 1. The van der Waals surface area contributed by atoms with Gasteiger partial charge in [0.1, 0.15) is 11.4 Å². The molecule has 0 saturated carbocycles. The van der Waals surface area contributed by atoms with Crippen LogP contribution in [0.1, 0.15) is 43.4 Å². The summed E-state index contributed by atoms with van der Waals surface area (Å²) in [6, 6.07) is 14.7. The summed E-state index contributed by atoms with van der Waals surface area (Å²) in [7, 11) is 0. The topological polar surface area (TPSA) is 60.5 Å². The lowest BCUT2D eigenvalue weighted by molar-refractivity contribution is -0.121. The number of aryl methyl sites for hydroxylation is 1. The van der Waals surface area contributed by atoms with Crippen molar-refractivity contribution in [3.8, 4) is 16.9 Å². The number of benzene rings is 2. The highest BCUT2D eigenvalue weighted by Crippen LogP contribution is 2.45. The Morgan fingerprint density at radius 2 is 1.93 bits per heavy atom.